The zero-order valence-electron chi connectivity index (χ0n) is 15.6. The van der Waals surface area contributed by atoms with Crippen LogP contribution >= 0.6 is 0 Å². The molecule has 2 nitrogen and oxygen atoms in total. The van der Waals surface area contributed by atoms with Crippen LogP contribution < -0.4 is 0 Å². The van der Waals surface area contributed by atoms with E-state index in [0.717, 1.165) is 18.2 Å². The van der Waals surface area contributed by atoms with Gasteiger partial charge in [0.15, 0.2) is 0 Å². The topological polar surface area (TPSA) is 25.8 Å². The molecule has 0 aromatic carbocycles. The van der Waals surface area contributed by atoms with Gasteiger partial charge in [-0.05, 0) is 56.9 Å². The first kappa shape index (κ1) is 18.4. The molecule has 1 heterocycles. The Hall–Kier alpha value is -0.920. The fraction of sp³-hybridized carbons (Fsp3) is 0.810. The Morgan fingerprint density at radius 2 is 1.65 bits per heavy atom. The Labute approximate surface area is 143 Å². The summed E-state index contributed by atoms with van der Waals surface area (Å²) in [5.41, 5.74) is 2.58. The van der Waals surface area contributed by atoms with Crippen LogP contribution in [0.15, 0.2) is 6.20 Å². The van der Waals surface area contributed by atoms with Gasteiger partial charge in [0.1, 0.15) is 5.82 Å². The standard InChI is InChI=1S/C21H36N2/c1-4-6-8-10-18-12-14-19(15-13-18)21-22-16-20(17(3)23-21)11-9-7-5-2/h16,18-19H,4-15H2,1-3H3/t18-,19-. The van der Waals surface area contributed by atoms with Gasteiger partial charge in [0, 0.05) is 17.8 Å². The summed E-state index contributed by atoms with van der Waals surface area (Å²) in [5.74, 6) is 2.70. The predicted octanol–water partition coefficient (Wildman–Crippen LogP) is 6.37. The van der Waals surface area contributed by atoms with E-state index < -0.39 is 0 Å². The van der Waals surface area contributed by atoms with Gasteiger partial charge in [0.2, 0.25) is 0 Å². The van der Waals surface area contributed by atoms with Crippen molar-refractivity contribution in [1.82, 2.24) is 9.97 Å². The lowest BCUT2D eigenvalue weighted by molar-refractivity contribution is 0.297. The summed E-state index contributed by atoms with van der Waals surface area (Å²) < 4.78 is 0. The van der Waals surface area contributed by atoms with Gasteiger partial charge in [-0.3, -0.25) is 0 Å². The van der Waals surface area contributed by atoms with Crippen LogP contribution in [0.2, 0.25) is 0 Å². The smallest absolute Gasteiger partial charge is 0.131 e. The lowest BCUT2D eigenvalue weighted by Crippen LogP contribution is -2.16. The average Bonchev–Trinajstić information content (AvgIpc) is 2.57. The summed E-state index contributed by atoms with van der Waals surface area (Å²) in [6, 6.07) is 0. The monoisotopic (exact) mass is 316 g/mol. The van der Waals surface area contributed by atoms with E-state index in [-0.39, 0.29) is 0 Å². The Bertz CT molecular complexity index is 447. The van der Waals surface area contributed by atoms with Crippen LogP contribution in [0.4, 0.5) is 0 Å². The van der Waals surface area contributed by atoms with Crippen molar-refractivity contribution in [2.45, 2.75) is 104 Å². The van der Waals surface area contributed by atoms with Gasteiger partial charge < -0.3 is 0 Å². The molecular formula is C21H36N2. The van der Waals surface area contributed by atoms with Crippen LogP contribution in [-0.2, 0) is 6.42 Å². The van der Waals surface area contributed by atoms with E-state index in [4.69, 9.17) is 9.97 Å². The van der Waals surface area contributed by atoms with Crippen LogP contribution in [0.3, 0.4) is 0 Å². The van der Waals surface area contributed by atoms with Crippen LogP contribution in [0, 0.1) is 12.8 Å². The lowest BCUT2D eigenvalue weighted by atomic mass is 9.79. The average molecular weight is 317 g/mol. The van der Waals surface area contributed by atoms with Crippen molar-refractivity contribution < 1.29 is 0 Å². The summed E-state index contributed by atoms with van der Waals surface area (Å²) in [4.78, 5) is 9.60. The SMILES string of the molecule is CCCCCc1cnc([C@H]2CC[C@H](CCCCC)CC2)nc1C. The third kappa shape index (κ3) is 5.90. The maximum Gasteiger partial charge on any atom is 0.131 e. The van der Waals surface area contributed by atoms with Crippen molar-refractivity contribution in [3.8, 4) is 0 Å². The quantitative estimate of drug-likeness (QED) is 0.494. The number of hydrogen-bond acceptors (Lipinski definition) is 2. The molecular weight excluding hydrogens is 280 g/mol. The van der Waals surface area contributed by atoms with Crippen molar-refractivity contribution in [2.24, 2.45) is 5.92 Å². The first-order valence-corrected chi connectivity index (χ1v) is 10.1. The second kappa shape index (κ2) is 10.1. The van der Waals surface area contributed by atoms with E-state index in [9.17, 15) is 0 Å². The minimum Gasteiger partial charge on any atom is -0.241 e. The van der Waals surface area contributed by atoms with Gasteiger partial charge in [-0.1, -0.05) is 52.4 Å². The highest BCUT2D eigenvalue weighted by Crippen LogP contribution is 2.36. The number of hydrogen-bond donors (Lipinski definition) is 0. The second-order valence-electron chi connectivity index (χ2n) is 7.51. The molecule has 1 aromatic heterocycles. The maximum absolute atomic E-state index is 4.86. The van der Waals surface area contributed by atoms with E-state index >= 15 is 0 Å². The number of rotatable bonds is 9. The summed E-state index contributed by atoms with van der Waals surface area (Å²) in [7, 11) is 0. The molecule has 130 valence electrons. The van der Waals surface area contributed by atoms with Gasteiger partial charge in [-0.2, -0.15) is 0 Å². The molecule has 0 atom stereocenters. The van der Waals surface area contributed by atoms with Crippen molar-refractivity contribution in [1.29, 1.82) is 0 Å². The molecule has 1 aliphatic rings. The normalized spacial score (nSPS) is 21.5. The number of aryl methyl sites for hydroxylation is 2. The fourth-order valence-corrected chi connectivity index (χ4v) is 3.91. The first-order chi connectivity index (χ1) is 11.2. The summed E-state index contributed by atoms with van der Waals surface area (Å²) in [6.45, 7) is 6.72. The largest absolute Gasteiger partial charge is 0.241 e. The molecule has 2 heteroatoms. The molecule has 23 heavy (non-hydrogen) atoms. The highest BCUT2D eigenvalue weighted by atomic mass is 14.9. The molecule has 0 bridgehead atoms. The van der Waals surface area contributed by atoms with E-state index in [1.807, 2.05) is 0 Å². The van der Waals surface area contributed by atoms with E-state index in [1.54, 1.807) is 0 Å². The third-order valence-corrected chi connectivity index (χ3v) is 5.58. The highest BCUT2D eigenvalue weighted by molar-refractivity contribution is 5.17. The minimum absolute atomic E-state index is 0.612. The number of aromatic nitrogens is 2. The summed E-state index contributed by atoms with van der Waals surface area (Å²) >= 11 is 0. The lowest BCUT2D eigenvalue weighted by Gasteiger charge is -2.28. The summed E-state index contributed by atoms with van der Waals surface area (Å²) in [5, 5.41) is 0. The molecule has 1 aliphatic carbocycles. The third-order valence-electron chi connectivity index (χ3n) is 5.58. The molecule has 1 saturated carbocycles. The molecule has 0 saturated heterocycles. The van der Waals surface area contributed by atoms with Crippen molar-refractivity contribution in [3.63, 3.8) is 0 Å². The Morgan fingerprint density at radius 3 is 2.30 bits per heavy atom. The minimum atomic E-state index is 0.612. The Morgan fingerprint density at radius 1 is 0.957 bits per heavy atom. The van der Waals surface area contributed by atoms with Crippen LogP contribution in [0.1, 0.15) is 107 Å². The zero-order chi connectivity index (χ0) is 16.5. The fourth-order valence-electron chi connectivity index (χ4n) is 3.91. The zero-order valence-corrected chi connectivity index (χ0v) is 15.6. The van der Waals surface area contributed by atoms with E-state index in [2.05, 4.69) is 27.0 Å². The maximum atomic E-state index is 4.86. The van der Waals surface area contributed by atoms with Gasteiger partial charge in [-0.25, -0.2) is 9.97 Å². The molecule has 2 rings (SSSR count). The van der Waals surface area contributed by atoms with Gasteiger partial charge in [-0.15, -0.1) is 0 Å². The molecule has 0 radical (unpaired) electrons. The first-order valence-electron chi connectivity index (χ1n) is 10.1. The van der Waals surface area contributed by atoms with Gasteiger partial charge >= 0.3 is 0 Å². The molecule has 0 unspecified atom stereocenters. The number of unbranched alkanes of at least 4 members (excludes halogenated alkanes) is 4. The van der Waals surface area contributed by atoms with E-state index in [1.165, 1.54) is 81.9 Å². The Balaban J connectivity index is 1.82. The van der Waals surface area contributed by atoms with Crippen LogP contribution in [0.25, 0.3) is 0 Å². The molecule has 0 aliphatic heterocycles. The van der Waals surface area contributed by atoms with E-state index in [0.29, 0.717) is 5.92 Å². The van der Waals surface area contributed by atoms with Crippen molar-refractivity contribution in [2.75, 3.05) is 0 Å². The Kier molecular flexibility index (Phi) is 8.05. The van der Waals surface area contributed by atoms with Crippen LogP contribution in [0.5, 0.6) is 0 Å². The van der Waals surface area contributed by atoms with Crippen LogP contribution in [-0.4, -0.2) is 9.97 Å². The molecule has 1 fully saturated rings. The number of nitrogens with zero attached hydrogens (tertiary/aromatic N) is 2. The molecule has 1 aromatic rings. The molecule has 0 N–H and O–H groups in total. The van der Waals surface area contributed by atoms with Crippen molar-refractivity contribution >= 4 is 0 Å². The van der Waals surface area contributed by atoms with Crippen molar-refractivity contribution in [3.05, 3.63) is 23.3 Å². The second-order valence-corrected chi connectivity index (χ2v) is 7.51. The van der Waals surface area contributed by atoms with Gasteiger partial charge in [0.05, 0.1) is 0 Å². The molecule has 0 amide bonds. The van der Waals surface area contributed by atoms with Gasteiger partial charge in [0.25, 0.3) is 0 Å². The molecule has 0 spiro atoms. The highest BCUT2D eigenvalue weighted by Gasteiger charge is 2.24. The summed E-state index contributed by atoms with van der Waals surface area (Å²) in [6.07, 6.45) is 18.1. The predicted molar refractivity (Wildman–Crippen MR) is 98.8 cm³/mol.